The van der Waals surface area contributed by atoms with Gasteiger partial charge in [-0.15, -0.1) is 0 Å². The first kappa shape index (κ1) is 10.2. The highest BCUT2D eigenvalue weighted by Crippen LogP contribution is 1.94. The molecule has 0 radical (unpaired) electrons. The van der Waals surface area contributed by atoms with E-state index in [1.165, 1.54) is 5.56 Å². The Morgan fingerprint density at radius 2 is 2.00 bits per heavy atom. The van der Waals surface area contributed by atoms with Crippen molar-refractivity contribution in [2.24, 2.45) is 0 Å². The van der Waals surface area contributed by atoms with Crippen LogP contribution in [0.15, 0.2) is 24.5 Å². The van der Waals surface area contributed by atoms with E-state index >= 15 is 0 Å². The molecule has 3 nitrogen and oxygen atoms in total. The smallest absolute Gasteiger partial charge is 0.0431 e. The van der Waals surface area contributed by atoms with E-state index in [2.05, 4.69) is 10.3 Å². The van der Waals surface area contributed by atoms with Crippen molar-refractivity contribution in [2.75, 3.05) is 13.2 Å². The summed E-state index contributed by atoms with van der Waals surface area (Å²) in [7, 11) is 0. The largest absolute Gasteiger partial charge is 0.396 e. The van der Waals surface area contributed by atoms with Gasteiger partial charge in [0.05, 0.1) is 0 Å². The summed E-state index contributed by atoms with van der Waals surface area (Å²) in [6.45, 7) is 2.13. The monoisotopic (exact) mass is 180 g/mol. The third-order valence-electron chi connectivity index (χ3n) is 1.84. The zero-order valence-electron chi connectivity index (χ0n) is 7.74. The lowest BCUT2D eigenvalue weighted by molar-refractivity contribution is 0.283. The lowest BCUT2D eigenvalue weighted by Gasteiger charge is -2.03. The number of aliphatic hydroxyl groups is 1. The highest BCUT2D eigenvalue weighted by Gasteiger charge is 1.90. The number of aromatic nitrogens is 1. The highest BCUT2D eigenvalue weighted by molar-refractivity contribution is 5.08. The maximum absolute atomic E-state index is 8.55. The molecule has 2 N–H and O–H groups in total. The first-order chi connectivity index (χ1) is 6.43. The lowest BCUT2D eigenvalue weighted by Crippen LogP contribution is -2.14. The standard InChI is InChI=1S/C10H16N2O/c13-8-2-1-5-12-9-10-3-6-11-7-4-10/h3-4,6-7,12-13H,1-2,5,8-9H2. The first-order valence-electron chi connectivity index (χ1n) is 4.64. The molecular formula is C10H16N2O. The van der Waals surface area contributed by atoms with Gasteiger partial charge in [-0.3, -0.25) is 4.98 Å². The predicted octanol–water partition coefficient (Wildman–Crippen LogP) is 0.944. The van der Waals surface area contributed by atoms with Gasteiger partial charge in [-0.1, -0.05) is 0 Å². The molecule has 0 spiro atoms. The maximum atomic E-state index is 8.55. The summed E-state index contributed by atoms with van der Waals surface area (Å²) in [4.78, 5) is 3.94. The van der Waals surface area contributed by atoms with E-state index in [0.717, 1.165) is 25.9 Å². The molecule has 0 aliphatic carbocycles. The Labute approximate surface area is 78.8 Å². The third-order valence-corrected chi connectivity index (χ3v) is 1.84. The van der Waals surface area contributed by atoms with Gasteiger partial charge in [-0.25, -0.2) is 0 Å². The molecule has 72 valence electrons. The van der Waals surface area contributed by atoms with Gasteiger partial charge in [0.2, 0.25) is 0 Å². The van der Waals surface area contributed by atoms with E-state index in [1.54, 1.807) is 12.4 Å². The van der Waals surface area contributed by atoms with Gasteiger partial charge in [0.15, 0.2) is 0 Å². The van der Waals surface area contributed by atoms with E-state index in [9.17, 15) is 0 Å². The Hall–Kier alpha value is -0.930. The average molecular weight is 180 g/mol. The van der Waals surface area contributed by atoms with Crippen LogP contribution in [0.4, 0.5) is 0 Å². The second-order valence-corrected chi connectivity index (χ2v) is 2.96. The number of rotatable bonds is 6. The number of hydrogen-bond donors (Lipinski definition) is 2. The van der Waals surface area contributed by atoms with Crippen molar-refractivity contribution in [3.05, 3.63) is 30.1 Å². The topological polar surface area (TPSA) is 45.1 Å². The summed E-state index contributed by atoms with van der Waals surface area (Å²) >= 11 is 0. The van der Waals surface area contributed by atoms with Gasteiger partial charge >= 0.3 is 0 Å². The summed E-state index contributed by atoms with van der Waals surface area (Å²) in [5.41, 5.74) is 1.25. The molecule has 0 aromatic carbocycles. The van der Waals surface area contributed by atoms with Crippen LogP contribution < -0.4 is 5.32 Å². The SMILES string of the molecule is OCCCCNCc1ccncc1. The molecule has 1 heterocycles. The van der Waals surface area contributed by atoms with Crippen molar-refractivity contribution in [2.45, 2.75) is 19.4 Å². The number of nitrogens with zero attached hydrogens (tertiary/aromatic N) is 1. The molecule has 0 unspecified atom stereocenters. The average Bonchev–Trinajstić information content (AvgIpc) is 2.19. The zero-order chi connectivity index (χ0) is 9.36. The normalized spacial score (nSPS) is 10.2. The van der Waals surface area contributed by atoms with Crippen molar-refractivity contribution in [1.29, 1.82) is 0 Å². The van der Waals surface area contributed by atoms with Gasteiger partial charge in [-0.2, -0.15) is 0 Å². The molecule has 0 atom stereocenters. The highest BCUT2D eigenvalue weighted by atomic mass is 16.2. The summed E-state index contributed by atoms with van der Waals surface area (Å²) < 4.78 is 0. The minimum atomic E-state index is 0.289. The number of unbranched alkanes of at least 4 members (excludes halogenated alkanes) is 1. The fourth-order valence-corrected chi connectivity index (χ4v) is 1.10. The first-order valence-corrected chi connectivity index (χ1v) is 4.64. The number of hydrogen-bond acceptors (Lipinski definition) is 3. The van der Waals surface area contributed by atoms with Crippen LogP contribution >= 0.6 is 0 Å². The van der Waals surface area contributed by atoms with Crippen LogP contribution in [0.25, 0.3) is 0 Å². The van der Waals surface area contributed by atoms with Gasteiger partial charge in [0.25, 0.3) is 0 Å². The molecule has 3 heteroatoms. The second kappa shape index (κ2) is 6.57. The number of nitrogens with one attached hydrogen (secondary N) is 1. The molecule has 0 aliphatic rings. The predicted molar refractivity (Wildman–Crippen MR) is 52.3 cm³/mol. The number of pyridine rings is 1. The van der Waals surface area contributed by atoms with Crippen molar-refractivity contribution in [3.63, 3.8) is 0 Å². The summed E-state index contributed by atoms with van der Waals surface area (Å²) in [6, 6.07) is 4.00. The second-order valence-electron chi connectivity index (χ2n) is 2.96. The lowest BCUT2D eigenvalue weighted by atomic mass is 10.2. The Balaban J connectivity index is 2.07. The van der Waals surface area contributed by atoms with Gasteiger partial charge in [0.1, 0.15) is 0 Å². The van der Waals surface area contributed by atoms with Crippen LogP contribution in [0.1, 0.15) is 18.4 Å². The Morgan fingerprint density at radius 3 is 2.69 bits per heavy atom. The molecule has 0 bridgehead atoms. The van der Waals surface area contributed by atoms with Crippen molar-refractivity contribution >= 4 is 0 Å². The Bertz CT molecular complexity index is 213. The van der Waals surface area contributed by atoms with E-state index in [0.29, 0.717) is 0 Å². The molecule has 0 fully saturated rings. The molecule has 1 rings (SSSR count). The summed E-state index contributed by atoms with van der Waals surface area (Å²) in [5, 5.41) is 11.8. The molecule has 0 amide bonds. The summed E-state index contributed by atoms with van der Waals surface area (Å²) in [5.74, 6) is 0. The minimum Gasteiger partial charge on any atom is -0.396 e. The summed E-state index contributed by atoms with van der Waals surface area (Å²) in [6.07, 6.45) is 5.50. The van der Waals surface area contributed by atoms with Crippen molar-refractivity contribution in [1.82, 2.24) is 10.3 Å². The van der Waals surface area contributed by atoms with Gasteiger partial charge < -0.3 is 10.4 Å². The fourth-order valence-electron chi connectivity index (χ4n) is 1.10. The fraction of sp³-hybridized carbons (Fsp3) is 0.500. The van der Waals surface area contributed by atoms with Crippen LogP contribution in [0, 0.1) is 0 Å². The van der Waals surface area contributed by atoms with Crippen molar-refractivity contribution in [3.8, 4) is 0 Å². The maximum Gasteiger partial charge on any atom is 0.0431 e. The molecule has 13 heavy (non-hydrogen) atoms. The molecule has 0 saturated heterocycles. The Morgan fingerprint density at radius 1 is 1.23 bits per heavy atom. The van der Waals surface area contributed by atoms with Crippen molar-refractivity contribution < 1.29 is 5.11 Å². The molecule has 0 saturated carbocycles. The van der Waals surface area contributed by atoms with E-state index in [4.69, 9.17) is 5.11 Å². The van der Waals surface area contributed by atoms with E-state index in [-0.39, 0.29) is 6.61 Å². The number of aliphatic hydroxyl groups excluding tert-OH is 1. The van der Waals surface area contributed by atoms with Gasteiger partial charge in [0, 0.05) is 25.5 Å². The zero-order valence-corrected chi connectivity index (χ0v) is 7.74. The van der Waals surface area contributed by atoms with Crippen LogP contribution in [0.2, 0.25) is 0 Å². The van der Waals surface area contributed by atoms with Crippen LogP contribution in [0.5, 0.6) is 0 Å². The van der Waals surface area contributed by atoms with E-state index in [1.807, 2.05) is 12.1 Å². The molecule has 1 aromatic heterocycles. The van der Waals surface area contributed by atoms with E-state index < -0.39 is 0 Å². The third kappa shape index (κ3) is 4.60. The van der Waals surface area contributed by atoms with Gasteiger partial charge in [-0.05, 0) is 37.1 Å². The molecular weight excluding hydrogens is 164 g/mol. The minimum absolute atomic E-state index is 0.289. The molecule has 1 aromatic rings. The molecule has 0 aliphatic heterocycles. The van der Waals surface area contributed by atoms with Crippen LogP contribution in [-0.4, -0.2) is 23.2 Å². The Kier molecular flexibility index (Phi) is 5.13. The van der Waals surface area contributed by atoms with Crippen LogP contribution in [-0.2, 0) is 6.54 Å². The quantitative estimate of drug-likeness (QED) is 0.640. The van der Waals surface area contributed by atoms with Crippen LogP contribution in [0.3, 0.4) is 0 Å².